The lowest BCUT2D eigenvalue weighted by Crippen LogP contribution is -2.60. The van der Waals surface area contributed by atoms with Crippen LogP contribution >= 0.6 is 0 Å². The zero-order valence-electron chi connectivity index (χ0n) is 17.3. The van der Waals surface area contributed by atoms with Crippen molar-refractivity contribution >= 4 is 5.91 Å². The molecular formula is C21H25F6N3O. The molecule has 0 saturated carbocycles. The standard InChI is InChI=1S/C21H25F6N3O/c1-12(2)17-10-29-11-28(9-14-4-6-18(31)30(17)19(14)29)8-13-3-5-15(20(22,23)24)7-16(13)21(25,26)27/h3,5,7,12,14,17,19H,4,6,8-11H2,1-2H3/t14-,17?,19-/m1/s1. The second-order valence-corrected chi connectivity index (χ2v) is 9.12. The highest BCUT2D eigenvalue weighted by Crippen LogP contribution is 2.41. The van der Waals surface area contributed by atoms with Gasteiger partial charge in [-0.2, -0.15) is 26.3 Å². The van der Waals surface area contributed by atoms with Crippen LogP contribution in [0.25, 0.3) is 0 Å². The average molecular weight is 449 g/mol. The van der Waals surface area contributed by atoms with Gasteiger partial charge in [-0.1, -0.05) is 19.9 Å². The van der Waals surface area contributed by atoms with Crippen LogP contribution in [0.15, 0.2) is 18.2 Å². The molecule has 4 nitrogen and oxygen atoms in total. The zero-order valence-corrected chi connectivity index (χ0v) is 17.3. The number of benzene rings is 1. The molecule has 1 aromatic carbocycles. The smallest absolute Gasteiger partial charge is 0.322 e. The van der Waals surface area contributed by atoms with Crippen LogP contribution in [0.4, 0.5) is 26.3 Å². The highest BCUT2D eigenvalue weighted by atomic mass is 19.4. The minimum atomic E-state index is -4.88. The Hall–Kier alpha value is -1.81. The van der Waals surface area contributed by atoms with Gasteiger partial charge in [-0.15, -0.1) is 0 Å². The van der Waals surface area contributed by atoms with E-state index < -0.39 is 23.5 Å². The van der Waals surface area contributed by atoms with Crippen molar-refractivity contribution in [3.8, 4) is 0 Å². The summed E-state index contributed by atoms with van der Waals surface area (Å²) in [4.78, 5) is 18.5. The molecule has 0 aliphatic carbocycles. The maximum Gasteiger partial charge on any atom is 0.416 e. The highest BCUT2D eigenvalue weighted by Gasteiger charge is 2.52. The van der Waals surface area contributed by atoms with Crippen molar-refractivity contribution < 1.29 is 31.1 Å². The minimum absolute atomic E-state index is 0.0420. The molecule has 0 aromatic heterocycles. The summed E-state index contributed by atoms with van der Waals surface area (Å²) < 4.78 is 79.4. The van der Waals surface area contributed by atoms with E-state index in [2.05, 4.69) is 18.7 Å². The molecule has 10 heteroatoms. The Morgan fingerprint density at radius 2 is 1.77 bits per heavy atom. The van der Waals surface area contributed by atoms with Gasteiger partial charge in [0.15, 0.2) is 0 Å². The van der Waals surface area contributed by atoms with Gasteiger partial charge in [0, 0.05) is 38.0 Å². The molecule has 172 valence electrons. The summed E-state index contributed by atoms with van der Waals surface area (Å²) in [5.74, 6) is 0.491. The number of amides is 1. The molecule has 1 aromatic rings. The van der Waals surface area contributed by atoms with Crippen LogP contribution in [-0.4, -0.2) is 52.6 Å². The lowest BCUT2D eigenvalue weighted by molar-refractivity contribution is -0.149. The Balaban J connectivity index is 1.59. The maximum atomic E-state index is 13.5. The molecular weight excluding hydrogens is 424 g/mol. The number of piperidine rings is 1. The molecule has 0 N–H and O–H groups in total. The second kappa shape index (κ2) is 7.65. The first kappa shape index (κ1) is 22.4. The average Bonchev–Trinajstić information content (AvgIpc) is 3.04. The first-order chi connectivity index (χ1) is 14.4. The van der Waals surface area contributed by atoms with Crippen molar-refractivity contribution in [1.82, 2.24) is 14.7 Å². The first-order valence-electron chi connectivity index (χ1n) is 10.4. The molecule has 3 aliphatic heterocycles. The number of rotatable bonds is 3. The topological polar surface area (TPSA) is 26.8 Å². The van der Waals surface area contributed by atoms with E-state index in [1.165, 1.54) is 0 Å². The molecule has 0 radical (unpaired) electrons. The molecule has 3 fully saturated rings. The van der Waals surface area contributed by atoms with Crippen molar-refractivity contribution in [2.75, 3.05) is 19.8 Å². The molecule has 1 unspecified atom stereocenters. The predicted octanol–water partition coefficient (Wildman–Crippen LogP) is 4.40. The predicted molar refractivity (Wildman–Crippen MR) is 100 cm³/mol. The van der Waals surface area contributed by atoms with Crippen LogP contribution in [0.2, 0.25) is 0 Å². The molecule has 0 bridgehead atoms. The summed E-state index contributed by atoms with van der Waals surface area (Å²) in [6, 6.07) is 1.92. The minimum Gasteiger partial charge on any atom is -0.322 e. The Bertz CT molecular complexity index is 852. The Labute approximate surface area is 176 Å². The third-order valence-electron chi connectivity index (χ3n) is 6.66. The number of hydrogen-bond donors (Lipinski definition) is 0. The fraction of sp³-hybridized carbons (Fsp3) is 0.667. The van der Waals surface area contributed by atoms with E-state index in [1.54, 1.807) is 0 Å². The number of halogens is 6. The van der Waals surface area contributed by atoms with Gasteiger partial charge in [-0.3, -0.25) is 14.6 Å². The fourth-order valence-corrected chi connectivity index (χ4v) is 5.27. The molecule has 1 amide bonds. The normalized spacial score (nSPS) is 27.8. The number of nitrogens with zero attached hydrogens (tertiary/aromatic N) is 3. The van der Waals surface area contributed by atoms with Crippen molar-refractivity contribution in [3.63, 3.8) is 0 Å². The quantitative estimate of drug-likeness (QED) is 0.640. The van der Waals surface area contributed by atoms with E-state index >= 15 is 0 Å². The second-order valence-electron chi connectivity index (χ2n) is 9.12. The molecule has 3 aliphatic rings. The van der Waals surface area contributed by atoms with Crippen LogP contribution in [0, 0.1) is 11.8 Å². The fourth-order valence-electron chi connectivity index (χ4n) is 5.27. The van der Waals surface area contributed by atoms with Gasteiger partial charge in [0.05, 0.1) is 24.0 Å². The lowest BCUT2D eigenvalue weighted by atomic mass is 9.90. The van der Waals surface area contributed by atoms with E-state index in [0.717, 1.165) is 6.07 Å². The summed E-state index contributed by atoms with van der Waals surface area (Å²) in [5.41, 5.74) is -2.71. The molecule has 4 rings (SSSR count). The summed E-state index contributed by atoms with van der Waals surface area (Å²) in [6.45, 7) is 5.55. The van der Waals surface area contributed by atoms with Crippen molar-refractivity contribution in [1.29, 1.82) is 0 Å². The van der Waals surface area contributed by atoms with Gasteiger partial charge in [-0.25, -0.2) is 0 Å². The van der Waals surface area contributed by atoms with Gasteiger partial charge in [-0.05, 0) is 30.0 Å². The molecule has 0 spiro atoms. The summed E-state index contributed by atoms with van der Waals surface area (Å²) in [6.07, 6.45) is -8.67. The van der Waals surface area contributed by atoms with E-state index in [9.17, 15) is 31.1 Å². The highest BCUT2D eigenvalue weighted by molar-refractivity contribution is 5.78. The van der Waals surface area contributed by atoms with E-state index in [0.29, 0.717) is 38.7 Å². The van der Waals surface area contributed by atoms with E-state index in [4.69, 9.17) is 0 Å². The van der Waals surface area contributed by atoms with Gasteiger partial charge in [0.25, 0.3) is 0 Å². The van der Waals surface area contributed by atoms with Gasteiger partial charge >= 0.3 is 12.4 Å². The summed E-state index contributed by atoms with van der Waals surface area (Å²) in [7, 11) is 0. The largest absolute Gasteiger partial charge is 0.416 e. The van der Waals surface area contributed by atoms with Crippen molar-refractivity contribution in [2.45, 2.75) is 57.8 Å². The Morgan fingerprint density at radius 3 is 2.39 bits per heavy atom. The molecule has 31 heavy (non-hydrogen) atoms. The first-order valence-corrected chi connectivity index (χ1v) is 10.4. The number of hydrogen-bond acceptors (Lipinski definition) is 3. The Kier molecular flexibility index (Phi) is 5.53. The van der Waals surface area contributed by atoms with E-state index in [-0.39, 0.29) is 48.1 Å². The van der Waals surface area contributed by atoms with Crippen LogP contribution in [-0.2, 0) is 23.7 Å². The number of carbonyl (C=O) groups is 1. The van der Waals surface area contributed by atoms with Crippen LogP contribution in [0.5, 0.6) is 0 Å². The van der Waals surface area contributed by atoms with Gasteiger partial charge in [0.2, 0.25) is 5.91 Å². The van der Waals surface area contributed by atoms with E-state index in [1.807, 2.05) is 9.80 Å². The third kappa shape index (κ3) is 4.16. The maximum absolute atomic E-state index is 13.5. The SMILES string of the molecule is CC(C)C1CN2CN(Cc3ccc(C(F)(F)F)cc3C(F)(F)F)C[C@H]3CCC(=O)N1[C@H]32. The third-order valence-corrected chi connectivity index (χ3v) is 6.66. The summed E-state index contributed by atoms with van der Waals surface area (Å²) >= 11 is 0. The van der Waals surface area contributed by atoms with Gasteiger partial charge in [0.1, 0.15) is 0 Å². The molecule has 3 saturated heterocycles. The monoisotopic (exact) mass is 449 g/mol. The van der Waals surface area contributed by atoms with Crippen molar-refractivity contribution in [3.05, 3.63) is 34.9 Å². The van der Waals surface area contributed by atoms with Crippen molar-refractivity contribution in [2.24, 2.45) is 11.8 Å². The Morgan fingerprint density at radius 1 is 1.06 bits per heavy atom. The van der Waals surface area contributed by atoms with Crippen LogP contribution in [0.1, 0.15) is 43.4 Å². The van der Waals surface area contributed by atoms with Crippen LogP contribution < -0.4 is 0 Å². The van der Waals surface area contributed by atoms with Gasteiger partial charge < -0.3 is 4.90 Å². The zero-order chi connectivity index (χ0) is 22.7. The van der Waals surface area contributed by atoms with Crippen LogP contribution in [0.3, 0.4) is 0 Å². The summed E-state index contributed by atoms with van der Waals surface area (Å²) in [5, 5.41) is 0. The lowest BCUT2D eigenvalue weighted by Gasteiger charge is -2.48. The number of carbonyl (C=O) groups excluding carboxylic acids is 1. The number of alkyl halides is 6. The molecule has 3 atom stereocenters. The molecule has 3 heterocycles.